The van der Waals surface area contributed by atoms with Gasteiger partial charge < -0.3 is 9.47 Å². The van der Waals surface area contributed by atoms with Gasteiger partial charge in [0.25, 0.3) is 0 Å². The number of hydrogen-bond donors (Lipinski definition) is 0. The van der Waals surface area contributed by atoms with Crippen LogP contribution in [0.5, 0.6) is 0 Å². The predicted molar refractivity (Wildman–Crippen MR) is 82.1 cm³/mol. The summed E-state index contributed by atoms with van der Waals surface area (Å²) >= 11 is 1.79. The molecule has 1 saturated carbocycles. The van der Waals surface area contributed by atoms with Crippen molar-refractivity contribution in [3.05, 3.63) is 22.4 Å². The van der Waals surface area contributed by atoms with Gasteiger partial charge in [0.15, 0.2) is 0 Å². The third-order valence-corrected chi connectivity index (χ3v) is 5.43. The topological polar surface area (TPSA) is 21.7 Å². The van der Waals surface area contributed by atoms with Crippen LogP contribution in [0, 0.1) is 5.92 Å². The minimum absolute atomic E-state index is 0.0590. The Morgan fingerprint density at radius 1 is 1.55 bits per heavy atom. The maximum atomic E-state index is 6.27. The largest absolute Gasteiger partial charge is 0.381 e. The predicted octanol–water partition coefficient (Wildman–Crippen LogP) is 3.16. The van der Waals surface area contributed by atoms with Gasteiger partial charge in [-0.2, -0.15) is 11.3 Å². The van der Waals surface area contributed by atoms with Crippen LogP contribution in [0.1, 0.15) is 31.7 Å². The average molecular weight is 295 g/mol. The van der Waals surface area contributed by atoms with Gasteiger partial charge in [-0.1, -0.05) is 6.42 Å². The van der Waals surface area contributed by atoms with Crippen LogP contribution in [0.4, 0.5) is 0 Å². The smallest absolute Gasteiger partial charge is 0.0859 e. The molecule has 0 aromatic carbocycles. The lowest BCUT2D eigenvalue weighted by atomic mass is 9.89. The minimum Gasteiger partial charge on any atom is -0.381 e. The zero-order chi connectivity index (χ0) is 13.8. The lowest BCUT2D eigenvalue weighted by molar-refractivity contribution is -0.142. The molecule has 1 aliphatic heterocycles. The molecule has 20 heavy (non-hydrogen) atoms. The Morgan fingerprint density at radius 2 is 2.50 bits per heavy atom. The van der Waals surface area contributed by atoms with E-state index in [1.165, 1.54) is 24.8 Å². The molecule has 1 aliphatic carbocycles. The molecule has 0 N–H and O–H groups in total. The van der Waals surface area contributed by atoms with Crippen molar-refractivity contribution in [3.63, 3.8) is 0 Å². The van der Waals surface area contributed by atoms with Crippen LogP contribution in [-0.4, -0.2) is 43.4 Å². The van der Waals surface area contributed by atoms with E-state index < -0.39 is 0 Å². The summed E-state index contributed by atoms with van der Waals surface area (Å²) in [5, 5.41) is 4.42. The Balaban J connectivity index is 1.63. The van der Waals surface area contributed by atoms with Gasteiger partial charge in [0.05, 0.1) is 18.8 Å². The maximum absolute atomic E-state index is 6.27. The summed E-state index contributed by atoms with van der Waals surface area (Å²) in [7, 11) is 0. The van der Waals surface area contributed by atoms with E-state index in [2.05, 4.69) is 28.7 Å². The molecule has 0 unspecified atom stereocenters. The first-order valence-corrected chi connectivity index (χ1v) is 8.72. The van der Waals surface area contributed by atoms with E-state index in [4.69, 9.17) is 9.47 Å². The summed E-state index contributed by atoms with van der Waals surface area (Å²) in [4.78, 5) is 2.57. The summed E-state index contributed by atoms with van der Waals surface area (Å²) in [6.45, 7) is 7.81. The highest BCUT2D eigenvalue weighted by atomic mass is 32.1. The maximum Gasteiger partial charge on any atom is 0.0859 e. The molecule has 3 rings (SSSR count). The van der Waals surface area contributed by atoms with E-state index >= 15 is 0 Å². The standard InChI is InChI=1S/C16H25NO2S/c1-2-18-11-15-4-3-6-16(15)13-17(7-8-19-16)10-14-5-9-20-12-14/h5,9,12,15H,2-4,6-8,10-11,13H2,1H3/t15-,16+/m0/s1. The second-order valence-corrected chi connectivity index (χ2v) is 6.78. The highest BCUT2D eigenvalue weighted by Crippen LogP contribution is 2.41. The van der Waals surface area contributed by atoms with E-state index in [-0.39, 0.29) is 5.60 Å². The second-order valence-electron chi connectivity index (χ2n) is 6.00. The Bertz CT molecular complexity index is 409. The average Bonchev–Trinajstić information content (AvgIpc) is 3.08. The number of nitrogens with zero attached hydrogens (tertiary/aromatic N) is 1. The number of thiophene rings is 1. The Morgan fingerprint density at radius 3 is 3.30 bits per heavy atom. The van der Waals surface area contributed by atoms with E-state index in [0.717, 1.165) is 39.5 Å². The molecule has 2 heterocycles. The van der Waals surface area contributed by atoms with E-state index in [1.54, 1.807) is 11.3 Å². The fraction of sp³-hybridized carbons (Fsp3) is 0.750. The van der Waals surface area contributed by atoms with Crippen molar-refractivity contribution in [2.75, 3.05) is 32.9 Å². The molecular formula is C16H25NO2S. The fourth-order valence-electron chi connectivity index (χ4n) is 3.67. The van der Waals surface area contributed by atoms with Gasteiger partial charge in [-0.3, -0.25) is 4.90 Å². The molecule has 1 aromatic heterocycles. The van der Waals surface area contributed by atoms with Crippen LogP contribution in [0.2, 0.25) is 0 Å². The van der Waals surface area contributed by atoms with E-state index in [9.17, 15) is 0 Å². The molecule has 112 valence electrons. The summed E-state index contributed by atoms with van der Waals surface area (Å²) < 4.78 is 12.0. The molecule has 0 radical (unpaired) electrons. The SMILES string of the molecule is CCOC[C@@H]1CCC[C@@]12CN(Cc1ccsc1)CCO2. The van der Waals surface area contributed by atoms with Gasteiger partial charge in [0.1, 0.15) is 0 Å². The van der Waals surface area contributed by atoms with Crippen molar-refractivity contribution in [2.24, 2.45) is 5.92 Å². The number of hydrogen-bond acceptors (Lipinski definition) is 4. The number of ether oxygens (including phenoxy) is 2. The van der Waals surface area contributed by atoms with Gasteiger partial charge in [-0.25, -0.2) is 0 Å². The Labute approximate surface area is 125 Å². The van der Waals surface area contributed by atoms with Crippen molar-refractivity contribution >= 4 is 11.3 Å². The van der Waals surface area contributed by atoms with Crippen molar-refractivity contribution in [2.45, 2.75) is 38.3 Å². The van der Waals surface area contributed by atoms with Gasteiger partial charge in [0.2, 0.25) is 0 Å². The molecule has 1 saturated heterocycles. The molecule has 0 amide bonds. The molecule has 0 bridgehead atoms. The van der Waals surface area contributed by atoms with Crippen LogP contribution in [0.3, 0.4) is 0 Å². The fourth-order valence-corrected chi connectivity index (χ4v) is 4.33. The van der Waals surface area contributed by atoms with Crippen molar-refractivity contribution in [1.29, 1.82) is 0 Å². The van der Waals surface area contributed by atoms with Crippen LogP contribution in [0.15, 0.2) is 16.8 Å². The molecule has 1 aromatic rings. The van der Waals surface area contributed by atoms with Crippen molar-refractivity contribution in [1.82, 2.24) is 4.90 Å². The third kappa shape index (κ3) is 3.08. The monoisotopic (exact) mass is 295 g/mol. The highest BCUT2D eigenvalue weighted by Gasteiger charge is 2.46. The van der Waals surface area contributed by atoms with Gasteiger partial charge in [-0.15, -0.1) is 0 Å². The molecule has 4 heteroatoms. The quantitative estimate of drug-likeness (QED) is 0.833. The summed E-state index contributed by atoms with van der Waals surface area (Å²) in [6, 6.07) is 2.24. The number of morpholine rings is 1. The zero-order valence-electron chi connectivity index (χ0n) is 12.3. The second kappa shape index (κ2) is 6.56. The van der Waals surface area contributed by atoms with Crippen LogP contribution >= 0.6 is 11.3 Å². The molecule has 1 spiro atoms. The van der Waals surface area contributed by atoms with Crippen molar-refractivity contribution in [3.8, 4) is 0 Å². The summed E-state index contributed by atoms with van der Waals surface area (Å²) in [5.74, 6) is 0.577. The van der Waals surface area contributed by atoms with Crippen LogP contribution < -0.4 is 0 Å². The lowest BCUT2D eigenvalue weighted by Gasteiger charge is -2.44. The first kappa shape index (κ1) is 14.5. The molecular weight excluding hydrogens is 270 g/mol. The lowest BCUT2D eigenvalue weighted by Crippen LogP contribution is -2.54. The number of rotatable bonds is 5. The van der Waals surface area contributed by atoms with Crippen molar-refractivity contribution < 1.29 is 9.47 Å². The Hall–Kier alpha value is -0.420. The Kier molecular flexibility index (Phi) is 4.76. The van der Waals surface area contributed by atoms with E-state index in [1.807, 2.05) is 0 Å². The first-order valence-electron chi connectivity index (χ1n) is 7.77. The summed E-state index contributed by atoms with van der Waals surface area (Å²) in [6.07, 6.45) is 3.74. The van der Waals surface area contributed by atoms with Gasteiger partial charge >= 0.3 is 0 Å². The third-order valence-electron chi connectivity index (χ3n) is 4.69. The normalized spacial score (nSPS) is 31.1. The minimum atomic E-state index is 0.0590. The van der Waals surface area contributed by atoms with Crippen LogP contribution in [-0.2, 0) is 16.0 Å². The van der Waals surface area contributed by atoms with Crippen LogP contribution in [0.25, 0.3) is 0 Å². The zero-order valence-corrected chi connectivity index (χ0v) is 13.2. The molecule has 3 nitrogen and oxygen atoms in total. The first-order chi connectivity index (χ1) is 9.82. The molecule has 2 fully saturated rings. The van der Waals surface area contributed by atoms with E-state index in [0.29, 0.717) is 5.92 Å². The summed E-state index contributed by atoms with van der Waals surface area (Å²) in [5.41, 5.74) is 1.50. The highest BCUT2D eigenvalue weighted by molar-refractivity contribution is 7.07. The molecule has 2 atom stereocenters. The molecule has 2 aliphatic rings. The van der Waals surface area contributed by atoms with Gasteiger partial charge in [-0.05, 0) is 42.2 Å². The van der Waals surface area contributed by atoms with Gasteiger partial charge in [0, 0.05) is 32.2 Å².